The summed E-state index contributed by atoms with van der Waals surface area (Å²) in [5, 5.41) is 5.98. The highest BCUT2D eigenvalue weighted by atomic mass is 79.9. The van der Waals surface area contributed by atoms with Gasteiger partial charge < -0.3 is 20.1 Å². The zero-order valence-corrected chi connectivity index (χ0v) is 14.5. The monoisotopic (exact) mass is 358 g/mol. The van der Waals surface area contributed by atoms with E-state index in [0.29, 0.717) is 37.1 Å². The molecule has 21 heavy (non-hydrogen) atoms. The predicted octanol–water partition coefficient (Wildman–Crippen LogP) is 2.33. The molecule has 0 aliphatic heterocycles. The van der Waals surface area contributed by atoms with Gasteiger partial charge in [0, 0.05) is 13.1 Å². The van der Waals surface area contributed by atoms with Crippen molar-refractivity contribution in [3.63, 3.8) is 0 Å². The molecular weight excluding hydrogens is 336 g/mol. The Morgan fingerprint density at radius 3 is 2.57 bits per heavy atom. The third kappa shape index (κ3) is 5.93. The Morgan fingerprint density at radius 1 is 1.29 bits per heavy atom. The largest absolute Gasteiger partial charge is 0.493 e. The van der Waals surface area contributed by atoms with Crippen molar-refractivity contribution in [2.75, 3.05) is 27.3 Å². The van der Waals surface area contributed by atoms with Crippen LogP contribution in [0.15, 0.2) is 16.6 Å². The molecule has 1 aromatic rings. The maximum absolute atomic E-state index is 11.6. The minimum absolute atomic E-state index is 0.00300. The molecule has 118 valence electrons. The lowest BCUT2D eigenvalue weighted by Gasteiger charge is -2.13. The Labute approximate surface area is 134 Å². The molecule has 0 spiro atoms. The van der Waals surface area contributed by atoms with Gasteiger partial charge >= 0.3 is 0 Å². The molecule has 0 unspecified atom stereocenters. The topological polar surface area (TPSA) is 59.6 Å². The number of hydrogen-bond acceptors (Lipinski definition) is 4. The van der Waals surface area contributed by atoms with Crippen LogP contribution >= 0.6 is 15.9 Å². The van der Waals surface area contributed by atoms with Gasteiger partial charge in [0.05, 0.1) is 25.2 Å². The molecule has 0 aromatic heterocycles. The van der Waals surface area contributed by atoms with Crippen LogP contribution in [-0.2, 0) is 11.3 Å². The molecule has 0 atom stereocenters. The molecule has 1 rings (SSSR count). The summed E-state index contributed by atoms with van der Waals surface area (Å²) in [4.78, 5) is 11.6. The Bertz CT molecular complexity index is 478. The Morgan fingerprint density at radius 2 is 2.00 bits per heavy atom. The molecule has 0 heterocycles. The maximum Gasteiger partial charge on any atom is 0.233 e. The fourth-order valence-corrected chi connectivity index (χ4v) is 2.43. The van der Waals surface area contributed by atoms with Crippen LogP contribution in [0.2, 0.25) is 0 Å². The number of nitrogens with one attached hydrogen (secondary N) is 2. The quantitative estimate of drug-likeness (QED) is 0.748. The number of methoxy groups -OCH3 is 2. The minimum Gasteiger partial charge on any atom is -0.493 e. The lowest BCUT2D eigenvalue weighted by Crippen LogP contribution is -2.35. The first kappa shape index (κ1) is 17.8. The lowest BCUT2D eigenvalue weighted by molar-refractivity contribution is -0.120. The molecule has 0 bridgehead atoms. The second-order valence-corrected chi connectivity index (χ2v) is 5.97. The van der Waals surface area contributed by atoms with E-state index in [9.17, 15) is 4.79 Å². The van der Waals surface area contributed by atoms with E-state index in [1.165, 1.54) is 0 Å². The number of ether oxygens (including phenoxy) is 2. The van der Waals surface area contributed by atoms with Crippen LogP contribution in [0.4, 0.5) is 0 Å². The van der Waals surface area contributed by atoms with Gasteiger partial charge in [-0.2, -0.15) is 0 Å². The van der Waals surface area contributed by atoms with E-state index in [2.05, 4.69) is 40.4 Å². The first-order valence-electron chi connectivity index (χ1n) is 6.85. The van der Waals surface area contributed by atoms with E-state index in [1.807, 2.05) is 12.1 Å². The summed E-state index contributed by atoms with van der Waals surface area (Å²) < 4.78 is 11.4. The second kappa shape index (κ2) is 8.89. The standard InChI is InChI=1S/C15H23BrN2O3/c1-10(2)7-18-14(19)9-17-8-11-5-12(16)15(21-4)13(6-11)20-3/h5-6,10,17H,7-9H2,1-4H3,(H,18,19). The van der Waals surface area contributed by atoms with E-state index in [1.54, 1.807) is 14.2 Å². The van der Waals surface area contributed by atoms with Crippen LogP contribution in [0, 0.1) is 5.92 Å². The molecule has 0 radical (unpaired) electrons. The van der Waals surface area contributed by atoms with E-state index < -0.39 is 0 Å². The number of benzene rings is 1. The van der Waals surface area contributed by atoms with Crippen molar-refractivity contribution in [2.45, 2.75) is 20.4 Å². The first-order valence-corrected chi connectivity index (χ1v) is 7.65. The molecule has 0 aliphatic carbocycles. The van der Waals surface area contributed by atoms with Crippen molar-refractivity contribution in [3.8, 4) is 11.5 Å². The lowest BCUT2D eigenvalue weighted by atomic mass is 10.2. The summed E-state index contributed by atoms with van der Waals surface area (Å²) in [5.41, 5.74) is 1.01. The fraction of sp³-hybridized carbons (Fsp3) is 0.533. The molecule has 5 nitrogen and oxygen atoms in total. The predicted molar refractivity (Wildman–Crippen MR) is 86.8 cm³/mol. The van der Waals surface area contributed by atoms with Crippen LogP contribution in [0.3, 0.4) is 0 Å². The van der Waals surface area contributed by atoms with Crippen LogP contribution in [0.1, 0.15) is 19.4 Å². The summed E-state index contributed by atoms with van der Waals surface area (Å²) in [5.74, 6) is 1.78. The van der Waals surface area contributed by atoms with Crippen LogP contribution in [-0.4, -0.2) is 33.2 Å². The van der Waals surface area contributed by atoms with Gasteiger partial charge in [-0.3, -0.25) is 4.79 Å². The highest BCUT2D eigenvalue weighted by Gasteiger charge is 2.10. The number of halogens is 1. The van der Waals surface area contributed by atoms with Crippen molar-refractivity contribution in [2.24, 2.45) is 5.92 Å². The third-order valence-corrected chi connectivity index (χ3v) is 3.40. The number of carbonyl (C=O) groups is 1. The molecule has 0 saturated heterocycles. The molecule has 0 fully saturated rings. The van der Waals surface area contributed by atoms with Gasteiger partial charge in [0.25, 0.3) is 0 Å². The summed E-state index contributed by atoms with van der Waals surface area (Å²) >= 11 is 3.45. The van der Waals surface area contributed by atoms with Gasteiger partial charge in [0.1, 0.15) is 0 Å². The average molecular weight is 359 g/mol. The van der Waals surface area contributed by atoms with Crippen molar-refractivity contribution < 1.29 is 14.3 Å². The van der Waals surface area contributed by atoms with Gasteiger partial charge in [0.2, 0.25) is 5.91 Å². The SMILES string of the molecule is COc1cc(CNCC(=O)NCC(C)C)cc(Br)c1OC. The highest BCUT2D eigenvalue weighted by molar-refractivity contribution is 9.10. The second-order valence-electron chi connectivity index (χ2n) is 5.11. The van der Waals surface area contributed by atoms with Crippen molar-refractivity contribution in [1.82, 2.24) is 10.6 Å². The normalized spacial score (nSPS) is 10.6. The van der Waals surface area contributed by atoms with Crippen molar-refractivity contribution >= 4 is 21.8 Å². The number of carbonyl (C=O) groups excluding carboxylic acids is 1. The molecule has 0 aliphatic rings. The number of hydrogen-bond donors (Lipinski definition) is 2. The highest BCUT2D eigenvalue weighted by Crippen LogP contribution is 2.36. The maximum atomic E-state index is 11.6. The number of rotatable bonds is 8. The molecule has 0 saturated carbocycles. The van der Waals surface area contributed by atoms with E-state index in [4.69, 9.17) is 9.47 Å². The first-order chi connectivity index (χ1) is 9.97. The fourth-order valence-electron chi connectivity index (χ4n) is 1.77. The molecular formula is C15H23BrN2O3. The summed E-state index contributed by atoms with van der Waals surface area (Å²) in [6.07, 6.45) is 0. The molecule has 6 heteroatoms. The zero-order chi connectivity index (χ0) is 15.8. The molecule has 1 amide bonds. The van der Waals surface area contributed by atoms with E-state index >= 15 is 0 Å². The Hall–Kier alpha value is -1.27. The Kier molecular flexibility index (Phi) is 7.53. The van der Waals surface area contributed by atoms with Crippen molar-refractivity contribution in [1.29, 1.82) is 0 Å². The van der Waals surface area contributed by atoms with Gasteiger partial charge in [-0.1, -0.05) is 13.8 Å². The number of amides is 1. The van der Waals surface area contributed by atoms with E-state index in [-0.39, 0.29) is 5.91 Å². The van der Waals surface area contributed by atoms with Crippen LogP contribution in [0.5, 0.6) is 11.5 Å². The smallest absolute Gasteiger partial charge is 0.233 e. The minimum atomic E-state index is 0.00300. The van der Waals surface area contributed by atoms with Crippen LogP contribution in [0.25, 0.3) is 0 Å². The third-order valence-electron chi connectivity index (χ3n) is 2.82. The van der Waals surface area contributed by atoms with E-state index in [0.717, 1.165) is 10.0 Å². The van der Waals surface area contributed by atoms with Crippen LogP contribution < -0.4 is 20.1 Å². The van der Waals surface area contributed by atoms with Gasteiger partial charge in [-0.25, -0.2) is 0 Å². The van der Waals surface area contributed by atoms with Crippen molar-refractivity contribution in [3.05, 3.63) is 22.2 Å². The van der Waals surface area contributed by atoms with Gasteiger partial charge in [0.15, 0.2) is 11.5 Å². The van der Waals surface area contributed by atoms with Gasteiger partial charge in [-0.05, 0) is 39.5 Å². The summed E-state index contributed by atoms with van der Waals surface area (Å²) in [6, 6.07) is 3.84. The summed E-state index contributed by atoms with van der Waals surface area (Å²) in [7, 11) is 3.19. The molecule has 1 aromatic carbocycles. The Balaban J connectivity index is 2.52. The average Bonchev–Trinajstić information content (AvgIpc) is 2.44. The zero-order valence-electron chi connectivity index (χ0n) is 13.0. The molecule has 2 N–H and O–H groups in total. The summed E-state index contributed by atoms with van der Waals surface area (Å²) in [6.45, 7) is 5.69. The van der Waals surface area contributed by atoms with Gasteiger partial charge in [-0.15, -0.1) is 0 Å².